The monoisotopic (exact) mass is 278 g/mol. The number of rotatable bonds is 6. The maximum atomic E-state index is 12.3. The Morgan fingerprint density at radius 1 is 1.39 bits per heavy atom. The van der Waals surface area contributed by atoms with Gasteiger partial charge in [-0.25, -0.2) is 0 Å². The average molecular weight is 278 g/mol. The number of nitrogens with one attached hydrogen (secondary N) is 1. The highest BCUT2D eigenvalue weighted by Gasteiger charge is 2.33. The van der Waals surface area contributed by atoms with Crippen LogP contribution < -0.4 is 4.72 Å². The summed E-state index contributed by atoms with van der Waals surface area (Å²) in [6, 6.07) is -0.346. The van der Waals surface area contributed by atoms with Crippen LogP contribution in [0.3, 0.4) is 0 Å². The van der Waals surface area contributed by atoms with Crippen molar-refractivity contribution in [3.63, 3.8) is 0 Å². The first-order valence-electron chi connectivity index (χ1n) is 6.82. The van der Waals surface area contributed by atoms with E-state index in [1.807, 2.05) is 20.8 Å². The zero-order valence-corrected chi connectivity index (χ0v) is 12.4. The summed E-state index contributed by atoms with van der Waals surface area (Å²) < 4.78 is 28.7. The number of nitrogens with zero attached hydrogens (tertiary/aromatic N) is 1. The number of hydrogen-bond acceptors (Lipinski definition) is 3. The first-order valence-corrected chi connectivity index (χ1v) is 8.26. The van der Waals surface area contributed by atoms with Crippen molar-refractivity contribution in [2.24, 2.45) is 5.92 Å². The molecule has 1 saturated heterocycles. The number of hydrogen-bond donors (Lipinski definition) is 2. The quantitative estimate of drug-likeness (QED) is 0.764. The molecule has 3 unspecified atom stereocenters. The Balaban J connectivity index is 2.72. The zero-order chi connectivity index (χ0) is 13.8. The smallest absolute Gasteiger partial charge is 0.280 e. The van der Waals surface area contributed by atoms with Crippen molar-refractivity contribution in [3.8, 4) is 0 Å². The Morgan fingerprint density at radius 3 is 2.61 bits per heavy atom. The lowest BCUT2D eigenvalue weighted by molar-refractivity contribution is 0.153. The molecule has 1 fully saturated rings. The van der Waals surface area contributed by atoms with E-state index in [0.29, 0.717) is 12.5 Å². The Labute approximate surface area is 111 Å². The molecule has 0 aromatic heterocycles. The second-order valence-corrected chi connectivity index (χ2v) is 6.89. The topological polar surface area (TPSA) is 69.6 Å². The molecule has 0 spiro atoms. The molecule has 0 aliphatic carbocycles. The number of aliphatic hydroxyl groups excluding tert-OH is 1. The third-order valence-corrected chi connectivity index (χ3v) is 5.69. The molecule has 1 rings (SSSR count). The minimum Gasteiger partial charge on any atom is -0.395 e. The molecule has 6 heteroatoms. The minimum absolute atomic E-state index is 0.0822. The lowest BCUT2D eigenvalue weighted by atomic mass is 10.0. The SMILES string of the molecule is CCC(C)C(C)NS(=O)(=O)N1CCCCC1CO. The maximum Gasteiger partial charge on any atom is 0.280 e. The first-order chi connectivity index (χ1) is 8.42. The Morgan fingerprint density at radius 2 is 2.06 bits per heavy atom. The zero-order valence-electron chi connectivity index (χ0n) is 11.6. The van der Waals surface area contributed by atoms with Gasteiger partial charge in [-0.1, -0.05) is 26.7 Å². The van der Waals surface area contributed by atoms with Gasteiger partial charge in [0.15, 0.2) is 0 Å². The van der Waals surface area contributed by atoms with Crippen molar-refractivity contribution in [2.45, 2.75) is 58.5 Å². The molecular formula is C12H26N2O3S. The average Bonchev–Trinajstić information content (AvgIpc) is 2.37. The van der Waals surface area contributed by atoms with Crippen LogP contribution >= 0.6 is 0 Å². The van der Waals surface area contributed by atoms with Gasteiger partial charge in [0.1, 0.15) is 0 Å². The van der Waals surface area contributed by atoms with Gasteiger partial charge in [-0.3, -0.25) is 0 Å². The fraction of sp³-hybridized carbons (Fsp3) is 1.00. The molecule has 0 aromatic rings. The van der Waals surface area contributed by atoms with Gasteiger partial charge in [-0.2, -0.15) is 17.4 Å². The summed E-state index contributed by atoms with van der Waals surface area (Å²) in [4.78, 5) is 0. The van der Waals surface area contributed by atoms with E-state index in [9.17, 15) is 13.5 Å². The summed E-state index contributed by atoms with van der Waals surface area (Å²) in [5.74, 6) is 0.303. The highest BCUT2D eigenvalue weighted by molar-refractivity contribution is 7.87. The second-order valence-electron chi connectivity index (χ2n) is 5.24. The fourth-order valence-corrected chi connectivity index (χ4v) is 4.02. The van der Waals surface area contributed by atoms with Crippen LogP contribution in [0.4, 0.5) is 0 Å². The van der Waals surface area contributed by atoms with Gasteiger partial charge in [0.25, 0.3) is 10.2 Å². The van der Waals surface area contributed by atoms with Crippen LogP contribution in [0.2, 0.25) is 0 Å². The van der Waals surface area contributed by atoms with Crippen molar-refractivity contribution < 1.29 is 13.5 Å². The molecule has 3 atom stereocenters. The molecule has 2 N–H and O–H groups in total. The highest BCUT2D eigenvalue weighted by atomic mass is 32.2. The van der Waals surface area contributed by atoms with E-state index in [-0.39, 0.29) is 18.7 Å². The van der Waals surface area contributed by atoms with E-state index in [1.165, 1.54) is 4.31 Å². The van der Waals surface area contributed by atoms with Gasteiger partial charge in [0, 0.05) is 18.6 Å². The van der Waals surface area contributed by atoms with Crippen molar-refractivity contribution >= 4 is 10.2 Å². The van der Waals surface area contributed by atoms with Gasteiger partial charge >= 0.3 is 0 Å². The van der Waals surface area contributed by atoms with Gasteiger partial charge in [-0.05, 0) is 25.7 Å². The van der Waals surface area contributed by atoms with E-state index in [1.54, 1.807) is 0 Å². The van der Waals surface area contributed by atoms with Crippen molar-refractivity contribution in [1.29, 1.82) is 0 Å². The van der Waals surface area contributed by atoms with Crippen LogP contribution in [-0.2, 0) is 10.2 Å². The minimum atomic E-state index is -3.48. The number of piperidine rings is 1. The van der Waals surface area contributed by atoms with Crippen LogP contribution in [0.25, 0.3) is 0 Å². The first kappa shape index (κ1) is 15.9. The van der Waals surface area contributed by atoms with E-state index in [2.05, 4.69) is 4.72 Å². The fourth-order valence-electron chi connectivity index (χ4n) is 2.25. The number of aliphatic hydroxyl groups is 1. The summed E-state index contributed by atoms with van der Waals surface area (Å²) in [5, 5.41) is 9.28. The Kier molecular flexibility index (Phi) is 6.04. The molecular weight excluding hydrogens is 252 g/mol. The predicted octanol–water partition coefficient (Wildman–Crippen LogP) is 1.10. The molecule has 0 radical (unpaired) electrons. The molecule has 108 valence electrons. The third-order valence-electron chi connectivity index (χ3n) is 3.92. The molecule has 5 nitrogen and oxygen atoms in total. The predicted molar refractivity (Wildman–Crippen MR) is 72.4 cm³/mol. The summed E-state index contributed by atoms with van der Waals surface area (Å²) in [6.07, 6.45) is 3.54. The van der Waals surface area contributed by atoms with E-state index in [0.717, 1.165) is 25.7 Å². The lowest BCUT2D eigenvalue weighted by Crippen LogP contribution is -2.53. The van der Waals surface area contributed by atoms with Gasteiger partial charge < -0.3 is 5.11 Å². The van der Waals surface area contributed by atoms with Crippen LogP contribution in [0, 0.1) is 5.92 Å². The van der Waals surface area contributed by atoms with E-state index >= 15 is 0 Å². The highest BCUT2D eigenvalue weighted by Crippen LogP contribution is 2.20. The summed E-state index contributed by atoms with van der Waals surface area (Å²) >= 11 is 0. The molecule has 0 amide bonds. The summed E-state index contributed by atoms with van der Waals surface area (Å²) in [7, 11) is -3.48. The van der Waals surface area contributed by atoms with Gasteiger partial charge in [0.2, 0.25) is 0 Å². The molecule has 1 aliphatic heterocycles. The van der Waals surface area contributed by atoms with Gasteiger partial charge in [-0.15, -0.1) is 0 Å². The lowest BCUT2D eigenvalue weighted by Gasteiger charge is -2.34. The summed E-state index contributed by atoms with van der Waals surface area (Å²) in [6.45, 7) is 6.38. The maximum absolute atomic E-state index is 12.3. The third kappa shape index (κ3) is 3.91. The van der Waals surface area contributed by atoms with Crippen LogP contribution in [0.1, 0.15) is 46.5 Å². The molecule has 1 heterocycles. The van der Waals surface area contributed by atoms with Crippen molar-refractivity contribution in [1.82, 2.24) is 9.03 Å². The molecule has 18 heavy (non-hydrogen) atoms. The van der Waals surface area contributed by atoms with Crippen LogP contribution in [0.5, 0.6) is 0 Å². The van der Waals surface area contributed by atoms with E-state index < -0.39 is 10.2 Å². The molecule has 0 bridgehead atoms. The van der Waals surface area contributed by atoms with Crippen molar-refractivity contribution in [2.75, 3.05) is 13.2 Å². The van der Waals surface area contributed by atoms with E-state index in [4.69, 9.17) is 0 Å². The van der Waals surface area contributed by atoms with Crippen LogP contribution in [0.15, 0.2) is 0 Å². The Hall–Kier alpha value is -0.170. The normalized spacial score (nSPS) is 25.9. The van der Waals surface area contributed by atoms with Crippen molar-refractivity contribution in [3.05, 3.63) is 0 Å². The summed E-state index contributed by atoms with van der Waals surface area (Å²) in [5.41, 5.74) is 0. The largest absolute Gasteiger partial charge is 0.395 e. The molecule has 0 saturated carbocycles. The van der Waals surface area contributed by atoms with Gasteiger partial charge in [0.05, 0.1) is 6.61 Å². The second kappa shape index (κ2) is 6.84. The standard InChI is InChI=1S/C12H26N2O3S/c1-4-10(2)11(3)13-18(16,17)14-8-6-5-7-12(14)9-15/h10-13,15H,4-9H2,1-3H3. The molecule has 0 aromatic carbocycles. The molecule has 1 aliphatic rings. The van der Waals surface area contributed by atoms with Crippen LogP contribution in [-0.4, -0.2) is 43.1 Å². The Bertz CT molecular complexity index is 345.